The number of carbonyl (C=O) groups is 2. The number of nitrogens with zero attached hydrogens (tertiary/aromatic N) is 1. The molecule has 32 heavy (non-hydrogen) atoms. The highest BCUT2D eigenvalue weighted by molar-refractivity contribution is 6.10. The van der Waals surface area contributed by atoms with Crippen LogP contribution < -0.4 is 10.6 Å². The molecule has 3 aromatic carbocycles. The average molecular weight is 423 g/mol. The Morgan fingerprint density at radius 1 is 0.969 bits per heavy atom. The van der Waals surface area contributed by atoms with Gasteiger partial charge in [0.15, 0.2) is 11.6 Å². The number of phenolic OH excluding ortho intramolecular Hbond substituents is 1. The monoisotopic (exact) mass is 423 g/mol. The third-order valence-electron chi connectivity index (χ3n) is 5.49. The quantitative estimate of drug-likeness (QED) is 0.514. The molecule has 0 saturated carbocycles. The fourth-order valence-electron chi connectivity index (χ4n) is 3.92. The molecule has 3 aromatic rings. The van der Waals surface area contributed by atoms with Crippen LogP contribution in [0.15, 0.2) is 78.0 Å². The second kappa shape index (κ2) is 8.40. The zero-order valence-corrected chi connectivity index (χ0v) is 17.6. The molecule has 0 aromatic heterocycles. The second-order valence-corrected chi connectivity index (χ2v) is 7.64. The van der Waals surface area contributed by atoms with Crippen LogP contribution in [-0.2, 0) is 4.79 Å². The Kier molecular flexibility index (Phi) is 5.48. The van der Waals surface area contributed by atoms with E-state index < -0.39 is 6.04 Å². The van der Waals surface area contributed by atoms with E-state index in [9.17, 15) is 20.0 Å². The number of hydrogen-bond donors (Lipinski definition) is 3. The van der Waals surface area contributed by atoms with Gasteiger partial charge in [-0.1, -0.05) is 36.4 Å². The van der Waals surface area contributed by atoms with E-state index in [-0.39, 0.29) is 22.9 Å². The first-order valence-electron chi connectivity index (χ1n) is 10.1. The predicted molar refractivity (Wildman–Crippen MR) is 123 cm³/mol. The number of nitrogens with one attached hydrogen (secondary N) is 2. The summed E-state index contributed by atoms with van der Waals surface area (Å²) in [6, 6.07) is 20.5. The zero-order chi connectivity index (χ0) is 22.8. The molecule has 1 aliphatic heterocycles. The van der Waals surface area contributed by atoms with Crippen LogP contribution in [0.3, 0.4) is 0 Å². The van der Waals surface area contributed by atoms with Crippen molar-refractivity contribution in [1.82, 2.24) is 0 Å². The van der Waals surface area contributed by atoms with E-state index in [1.54, 1.807) is 49.4 Å². The first-order chi connectivity index (χ1) is 15.4. The molecule has 4 rings (SSSR count). The smallest absolute Gasteiger partial charge is 0.193 e. The highest BCUT2D eigenvalue weighted by Crippen LogP contribution is 2.38. The van der Waals surface area contributed by atoms with Gasteiger partial charge in [-0.2, -0.15) is 5.26 Å². The third-order valence-corrected chi connectivity index (χ3v) is 5.49. The number of ketones is 2. The molecule has 0 spiro atoms. The minimum Gasteiger partial charge on any atom is -0.507 e. The Hall–Kier alpha value is -4.37. The molecule has 158 valence electrons. The SMILES string of the molecule is CC(=O)C1=C(C)Nc2cc(C(=O)c3ccccc3)ccc2NC1c1ccc(O)c(C#N)c1. The van der Waals surface area contributed by atoms with Crippen molar-refractivity contribution >= 4 is 22.9 Å². The van der Waals surface area contributed by atoms with Crippen LogP contribution >= 0.6 is 0 Å². The molecule has 0 amide bonds. The largest absolute Gasteiger partial charge is 0.507 e. The van der Waals surface area contributed by atoms with Gasteiger partial charge in [-0.15, -0.1) is 0 Å². The normalized spacial score (nSPS) is 15.0. The van der Waals surface area contributed by atoms with Crippen molar-refractivity contribution in [2.75, 3.05) is 10.6 Å². The van der Waals surface area contributed by atoms with Crippen molar-refractivity contribution in [1.29, 1.82) is 5.26 Å². The summed E-state index contributed by atoms with van der Waals surface area (Å²) in [6.07, 6.45) is 0. The summed E-state index contributed by atoms with van der Waals surface area (Å²) in [5, 5.41) is 25.8. The molecule has 1 aliphatic rings. The van der Waals surface area contributed by atoms with Gasteiger partial charge >= 0.3 is 0 Å². The molecular formula is C26H21N3O3. The van der Waals surface area contributed by atoms with Crippen molar-refractivity contribution in [3.8, 4) is 11.8 Å². The Balaban J connectivity index is 1.79. The highest BCUT2D eigenvalue weighted by Gasteiger charge is 2.27. The fraction of sp³-hybridized carbons (Fsp3) is 0.115. The third kappa shape index (κ3) is 3.84. The standard InChI is InChI=1S/C26H21N3O3/c1-15-24(16(2)30)25(18-9-11-23(31)20(12-18)14-27)29-21-10-8-19(13-22(21)28-15)26(32)17-6-4-3-5-7-17/h3-13,25,28-29,31H,1-2H3. The lowest BCUT2D eigenvalue weighted by molar-refractivity contribution is -0.113. The van der Waals surface area contributed by atoms with Gasteiger partial charge in [0, 0.05) is 22.4 Å². The molecular weight excluding hydrogens is 402 g/mol. The Morgan fingerprint density at radius 2 is 1.72 bits per heavy atom. The van der Waals surface area contributed by atoms with Crippen molar-refractivity contribution in [2.24, 2.45) is 0 Å². The number of nitriles is 1. The van der Waals surface area contributed by atoms with Crippen molar-refractivity contribution < 1.29 is 14.7 Å². The summed E-state index contributed by atoms with van der Waals surface area (Å²) in [6.45, 7) is 3.29. The van der Waals surface area contributed by atoms with Crippen LogP contribution in [0.4, 0.5) is 11.4 Å². The van der Waals surface area contributed by atoms with Gasteiger partial charge in [-0.3, -0.25) is 9.59 Å². The van der Waals surface area contributed by atoms with E-state index in [1.165, 1.54) is 13.0 Å². The van der Waals surface area contributed by atoms with E-state index in [1.807, 2.05) is 24.3 Å². The molecule has 6 heteroatoms. The molecule has 0 radical (unpaired) electrons. The number of fused-ring (bicyclic) bond motifs is 1. The molecule has 3 N–H and O–H groups in total. The van der Waals surface area contributed by atoms with Gasteiger partial charge in [0.25, 0.3) is 0 Å². The van der Waals surface area contributed by atoms with Crippen LogP contribution in [0.1, 0.15) is 46.9 Å². The molecule has 1 unspecified atom stereocenters. The summed E-state index contributed by atoms with van der Waals surface area (Å²) < 4.78 is 0. The maximum Gasteiger partial charge on any atom is 0.193 e. The minimum atomic E-state index is -0.537. The molecule has 1 heterocycles. The van der Waals surface area contributed by atoms with E-state index in [2.05, 4.69) is 10.6 Å². The zero-order valence-electron chi connectivity index (χ0n) is 17.6. The van der Waals surface area contributed by atoms with Gasteiger partial charge in [0.1, 0.15) is 11.8 Å². The minimum absolute atomic E-state index is 0.0957. The van der Waals surface area contributed by atoms with Crippen molar-refractivity contribution in [2.45, 2.75) is 19.9 Å². The number of anilines is 2. The van der Waals surface area contributed by atoms with Crippen molar-refractivity contribution in [3.63, 3.8) is 0 Å². The predicted octanol–water partition coefficient (Wildman–Crippen LogP) is 4.94. The first-order valence-corrected chi connectivity index (χ1v) is 10.1. The van der Waals surface area contributed by atoms with Crippen LogP contribution in [0.25, 0.3) is 0 Å². The number of allylic oxidation sites excluding steroid dienone is 1. The molecule has 0 saturated heterocycles. The Morgan fingerprint density at radius 3 is 2.41 bits per heavy atom. The number of carbonyl (C=O) groups excluding carboxylic acids is 2. The summed E-state index contributed by atoms with van der Waals surface area (Å²) in [7, 11) is 0. The Labute approximate surface area is 185 Å². The molecule has 0 bridgehead atoms. The van der Waals surface area contributed by atoms with Crippen LogP contribution in [-0.4, -0.2) is 16.7 Å². The number of rotatable bonds is 4. The molecule has 6 nitrogen and oxygen atoms in total. The van der Waals surface area contributed by atoms with Gasteiger partial charge in [0.2, 0.25) is 0 Å². The fourth-order valence-corrected chi connectivity index (χ4v) is 3.92. The average Bonchev–Trinajstić information content (AvgIpc) is 2.94. The second-order valence-electron chi connectivity index (χ2n) is 7.64. The lowest BCUT2D eigenvalue weighted by atomic mass is 9.93. The number of aromatic hydroxyl groups is 1. The number of Topliss-reactive ketones (excluding diaryl/α,β-unsaturated/α-hetero) is 1. The van der Waals surface area contributed by atoms with Gasteiger partial charge in [-0.05, 0) is 49.7 Å². The van der Waals surface area contributed by atoms with Gasteiger partial charge in [0.05, 0.1) is 23.0 Å². The maximum absolute atomic E-state index is 12.9. The van der Waals surface area contributed by atoms with Crippen LogP contribution in [0.5, 0.6) is 5.75 Å². The van der Waals surface area contributed by atoms with Gasteiger partial charge < -0.3 is 15.7 Å². The number of hydrogen-bond acceptors (Lipinski definition) is 6. The Bertz CT molecular complexity index is 1300. The summed E-state index contributed by atoms with van der Waals surface area (Å²) in [5.41, 5.74) is 4.45. The van der Waals surface area contributed by atoms with Gasteiger partial charge in [-0.25, -0.2) is 0 Å². The molecule has 0 fully saturated rings. The molecule has 0 aliphatic carbocycles. The lowest BCUT2D eigenvalue weighted by Crippen LogP contribution is -2.18. The van der Waals surface area contributed by atoms with Crippen molar-refractivity contribution in [3.05, 3.63) is 100 Å². The maximum atomic E-state index is 12.9. The van der Waals surface area contributed by atoms with Crippen LogP contribution in [0.2, 0.25) is 0 Å². The van der Waals surface area contributed by atoms with E-state index in [0.29, 0.717) is 39.3 Å². The first kappa shape index (κ1) is 20.9. The highest BCUT2D eigenvalue weighted by atomic mass is 16.3. The number of phenols is 1. The van der Waals surface area contributed by atoms with E-state index >= 15 is 0 Å². The topological polar surface area (TPSA) is 102 Å². The lowest BCUT2D eigenvalue weighted by Gasteiger charge is -2.22. The summed E-state index contributed by atoms with van der Waals surface area (Å²) in [4.78, 5) is 25.5. The summed E-state index contributed by atoms with van der Waals surface area (Å²) in [5.74, 6) is -0.341. The van der Waals surface area contributed by atoms with Crippen LogP contribution in [0, 0.1) is 11.3 Å². The molecule has 1 atom stereocenters. The van der Waals surface area contributed by atoms with E-state index in [0.717, 1.165) is 0 Å². The van der Waals surface area contributed by atoms with E-state index in [4.69, 9.17) is 0 Å². The number of benzene rings is 3. The summed E-state index contributed by atoms with van der Waals surface area (Å²) >= 11 is 0.